The minimum Gasteiger partial charge on any atom is -0.489 e. The Kier molecular flexibility index (Phi) is 6.51. The number of allylic oxidation sites excluding steroid dienone is 4. The fraction of sp³-hybridized carbons (Fsp3) is 0.0800. The molecule has 1 nitrogen and oxygen atoms in total. The Labute approximate surface area is 298 Å². The van der Waals surface area contributed by atoms with Crippen LogP contribution in [0.15, 0.2) is 164 Å². The molecule has 0 bridgehead atoms. The molecule has 0 spiro atoms. The van der Waals surface area contributed by atoms with Crippen LogP contribution in [0, 0.1) is 0 Å². The number of hydrogen-bond donors (Lipinski definition) is 0. The van der Waals surface area contributed by atoms with Crippen molar-refractivity contribution in [2.24, 2.45) is 0 Å². The third-order valence-electron chi connectivity index (χ3n) is 11.2. The molecule has 8 aromatic carbocycles. The van der Waals surface area contributed by atoms with Crippen LogP contribution in [0.3, 0.4) is 0 Å². The predicted octanol–water partition coefficient (Wildman–Crippen LogP) is 13.5. The minimum absolute atomic E-state index is 0.136. The second kappa shape index (κ2) is 11.2. The first-order chi connectivity index (χ1) is 25.0. The van der Waals surface area contributed by atoms with Gasteiger partial charge in [0.05, 0.1) is 0 Å². The maximum atomic E-state index is 6.32. The van der Waals surface area contributed by atoms with Crippen LogP contribution in [-0.4, -0.2) is 6.61 Å². The zero-order valence-corrected chi connectivity index (χ0v) is 28.8. The van der Waals surface area contributed by atoms with Gasteiger partial charge in [0, 0.05) is 11.0 Å². The summed E-state index contributed by atoms with van der Waals surface area (Å²) in [4.78, 5) is 0. The summed E-state index contributed by atoms with van der Waals surface area (Å²) < 4.78 is 6.32. The first kappa shape index (κ1) is 29.7. The SMILES string of the molecule is C=C1/C=C\C=C/COc2cc(-c3c4ccccc4c(-c4ccc5c(c4)-c4c(c6ccccc6c6ccccc46)C5(C)C)c4ccccc34)ccc21. The smallest absolute Gasteiger partial charge is 0.128 e. The van der Waals surface area contributed by atoms with Crippen LogP contribution in [0.1, 0.15) is 30.5 Å². The van der Waals surface area contributed by atoms with Crippen LogP contribution in [0.2, 0.25) is 0 Å². The maximum Gasteiger partial charge on any atom is 0.128 e. The van der Waals surface area contributed by atoms with E-state index in [1.54, 1.807) is 0 Å². The van der Waals surface area contributed by atoms with Crippen molar-refractivity contribution in [1.29, 1.82) is 0 Å². The molecular weight excluding hydrogens is 617 g/mol. The molecule has 0 saturated heterocycles. The molecule has 2 aliphatic rings. The highest BCUT2D eigenvalue weighted by Gasteiger charge is 2.38. The van der Waals surface area contributed by atoms with Crippen LogP contribution in [0.4, 0.5) is 0 Å². The summed E-state index contributed by atoms with van der Waals surface area (Å²) in [5.41, 5.74) is 12.2. The van der Waals surface area contributed by atoms with Crippen molar-refractivity contribution in [3.8, 4) is 39.1 Å². The van der Waals surface area contributed by atoms with Crippen molar-refractivity contribution < 1.29 is 4.74 Å². The van der Waals surface area contributed by atoms with Crippen molar-refractivity contribution in [1.82, 2.24) is 0 Å². The fourth-order valence-corrected chi connectivity index (χ4v) is 9.00. The average molecular weight is 653 g/mol. The summed E-state index contributed by atoms with van der Waals surface area (Å²) in [5.74, 6) is 0.852. The number of ether oxygens (including phenoxy) is 1. The number of rotatable bonds is 2. The molecule has 1 heteroatoms. The van der Waals surface area contributed by atoms with Gasteiger partial charge in [-0.2, -0.15) is 0 Å². The summed E-state index contributed by atoms with van der Waals surface area (Å²) in [6.45, 7) is 9.63. The average Bonchev–Trinajstić information content (AvgIpc) is 3.45. The van der Waals surface area contributed by atoms with E-state index in [1.165, 1.54) is 82.0 Å². The Bertz CT molecular complexity index is 2790. The van der Waals surface area contributed by atoms with Crippen LogP contribution in [-0.2, 0) is 5.41 Å². The Balaban J connectivity index is 1.25. The van der Waals surface area contributed by atoms with Gasteiger partial charge >= 0.3 is 0 Å². The van der Waals surface area contributed by atoms with Gasteiger partial charge < -0.3 is 4.74 Å². The van der Waals surface area contributed by atoms with Gasteiger partial charge in [0.25, 0.3) is 0 Å². The summed E-state index contributed by atoms with van der Waals surface area (Å²) in [6, 6.07) is 49.5. The van der Waals surface area contributed by atoms with Crippen molar-refractivity contribution in [3.63, 3.8) is 0 Å². The second-order valence-electron chi connectivity index (χ2n) is 14.4. The Morgan fingerprint density at radius 1 is 0.510 bits per heavy atom. The molecule has 1 heterocycles. The van der Waals surface area contributed by atoms with E-state index in [9.17, 15) is 0 Å². The van der Waals surface area contributed by atoms with Crippen LogP contribution in [0.5, 0.6) is 5.75 Å². The standard InChI is InChI=1S/C50H36O/c1-31-15-5-4-14-28-51-45-30-33(24-26-34(31)45)47-40-21-11-9-19-38(40)46(39-20-10-12-22-41(39)47)32-25-27-44-43(29-32)48-37-18-8-6-16-35(37)36-17-7-13-23-42(36)49(48)50(44,2)3/h4-27,29-30H,1,28H2,2-3H3/b14-4-,15-5-. The lowest BCUT2D eigenvalue weighted by Gasteiger charge is -2.24. The molecule has 0 N–H and O–H groups in total. The molecule has 1 aliphatic carbocycles. The van der Waals surface area contributed by atoms with Crippen LogP contribution in [0.25, 0.3) is 82.0 Å². The van der Waals surface area contributed by atoms with Gasteiger partial charge in [0.1, 0.15) is 12.4 Å². The molecule has 0 unspecified atom stereocenters. The van der Waals surface area contributed by atoms with Gasteiger partial charge in [0.15, 0.2) is 0 Å². The van der Waals surface area contributed by atoms with Crippen molar-refractivity contribution in [3.05, 3.63) is 181 Å². The first-order valence-electron chi connectivity index (χ1n) is 17.8. The number of hydrogen-bond acceptors (Lipinski definition) is 1. The Hall–Kier alpha value is -6.18. The molecule has 0 fully saturated rings. The van der Waals surface area contributed by atoms with E-state index >= 15 is 0 Å². The lowest BCUT2D eigenvalue weighted by atomic mass is 9.79. The highest BCUT2D eigenvalue weighted by Crippen LogP contribution is 2.56. The highest BCUT2D eigenvalue weighted by atomic mass is 16.5. The van der Waals surface area contributed by atoms with E-state index in [2.05, 4.69) is 154 Å². The van der Waals surface area contributed by atoms with Gasteiger partial charge in [-0.15, -0.1) is 0 Å². The van der Waals surface area contributed by atoms with E-state index < -0.39 is 0 Å². The van der Waals surface area contributed by atoms with E-state index in [4.69, 9.17) is 4.74 Å². The summed E-state index contributed by atoms with van der Waals surface area (Å²) in [6.07, 6.45) is 8.12. The van der Waals surface area contributed by atoms with Crippen molar-refractivity contribution in [2.45, 2.75) is 19.3 Å². The molecule has 0 amide bonds. The van der Waals surface area contributed by atoms with E-state index in [1.807, 2.05) is 24.3 Å². The number of benzene rings is 8. The predicted molar refractivity (Wildman–Crippen MR) is 218 cm³/mol. The quantitative estimate of drug-likeness (QED) is 0.133. The monoisotopic (exact) mass is 652 g/mol. The molecule has 0 radical (unpaired) electrons. The van der Waals surface area contributed by atoms with Gasteiger partial charge in [0.2, 0.25) is 0 Å². The normalized spacial score (nSPS) is 15.8. The molecule has 51 heavy (non-hydrogen) atoms. The molecule has 8 aromatic rings. The summed E-state index contributed by atoms with van der Waals surface area (Å²) in [7, 11) is 0. The molecule has 242 valence electrons. The molecular formula is C50H36O. The van der Waals surface area contributed by atoms with E-state index in [0.29, 0.717) is 6.61 Å². The second-order valence-corrected chi connectivity index (χ2v) is 14.4. The summed E-state index contributed by atoms with van der Waals surface area (Å²) in [5, 5.41) is 10.3. The van der Waals surface area contributed by atoms with Gasteiger partial charge in [-0.1, -0.05) is 160 Å². The zero-order chi connectivity index (χ0) is 34.3. The maximum absolute atomic E-state index is 6.32. The van der Waals surface area contributed by atoms with E-state index in [0.717, 1.165) is 22.4 Å². The van der Waals surface area contributed by atoms with Crippen molar-refractivity contribution in [2.75, 3.05) is 6.61 Å². The highest BCUT2D eigenvalue weighted by molar-refractivity contribution is 6.22. The topological polar surface area (TPSA) is 9.23 Å². The largest absolute Gasteiger partial charge is 0.489 e. The molecule has 0 atom stereocenters. The zero-order valence-electron chi connectivity index (χ0n) is 28.8. The van der Waals surface area contributed by atoms with Crippen molar-refractivity contribution >= 4 is 48.7 Å². The third-order valence-corrected chi connectivity index (χ3v) is 11.2. The molecule has 0 saturated carbocycles. The lowest BCUT2D eigenvalue weighted by molar-refractivity contribution is 0.362. The first-order valence-corrected chi connectivity index (χ1v) is 17.8. The van der Waals surface area contributed by atoms with Gasteiger partial charge in [-0.05, 0) is 111 Å². The Morgan fingerprint density at radius 3 is 1.65 bits per heavy atom. The molecule has 1 aliphatic heterocycles. The summed E-state index contributed by atoms with van der Waals surface area (Å²) >= 11 is 0. The van der Waals surface area contributed by atoms with E-state index in [-0.39, 0.29) is 5.41 Å². The minimum atomic E-state index is -0.136. The fourth-order valence-electron chi connectivity index (χ4n) is 9.00. The molecule has 0 aromatic heterocycles. The number of fused-ring (bicyclic) bond motifs is 11. The van der Waals surface area contributed by atoms with Crippen LogP contribution < -0.4 is 4.74 Å². The van der Waals surface area contributed by atoms with Gasteiger partial charge in [-0.25, -0.2) is 0 Å². The lowest BCUT2D eigenvalue weighted by Crippen LogP contribution is -2.15. The third kappa shape index (κ3) is 4.34. The molecule has 10 rings (SSSR count). The Morgan fingerprint density at radius 2 is 1.02 bits per heavy atom. The van der Waals surface area contributed by atoms with Gasteiger partial charge in [-0.3, -0.25) is 0 Å². The van der Waals surface area contributed by atoms with Crippen LogP contribution >= 0.6 is 0 Å².